The Bertz CT molecular complexity index is 820. The van der Waals surface area contributed by atoms with E-state index in [-0.39, 0.29) is 15.5 Å². The Morgan fingerprint density at radius 1 is 1.28 bits per heavy atom. The Morgan fingerprint density at radius 3 is 2.60 bits per heavy atom. The van der Waals surface area contributed by atoms with Crippen molar-refractivity contribution in [1.82, 2.24) is 5.43 Å². The van der Waals surface area contributed by atoms with E-state index in [2.05, 4.69) is 5.10 Å². The summed E-state index contributed by atoms with van der Waals surface area (Å²) in [5, 5.41) is 14.2. The fourth-order valence-corrected chi connectivity index (χ4v) is 2.58. The molecule has 0 unspecified atom stereocenters. The average molecular weight is 391 g/mol. The molecule has 1 aromatic heterocycles. The molecular weight excluding hydrogens is 381 g/mol. The van der Waals surface area contributed by atoms with Gasteiger partial charge in [-0.25, -0.2) is 5.43 Å². The van der Waals surface area contributed by atoms with E-state index in [1.807, 2.05) is 0 Å². The maximum atomic E-state index is 13.0. The lowest BCUT2D eigenvalue weighted by Gasteiger charge is -2.10. The van der Waals surface area contributed by atoms with E-state index in [9.17, 15) is 27.9 Å². The number of rotatable bonds is 5. The van der Waals surface area contributed by atoms with Crippen molar-refractivity contribution in [3.63, 3.8) is 0 Å². The number of amides is 1. The number of nitrogens with one attached hydrogen (secondary N) is 1. The summed E-state index contributed by atoms with van der Waals surface area (Å²) in [6, 6.07) is 6.42. The molecule has 2 rings (SSSR count). The molecular formula is C15H10ClF3N2O3S. The quantitative estimate of drug-likeness (QED) is 0.459. The number of aromatic hydroxyl groups is 1. The van der Waals surface area contributed by atoms with Crippen LogP contribution in [0.1, 0.15) is 26.5 Å². The lowest BCUT2D eigenvalue weighted by Crippen LogP contribution is -2.30. The molecule has 0 bridgehead atoms. The van der Waals surface area contributed by atoms with Crippen molar-refractivity contribution in [3.8, 4) is 5.75 Å². The highest BCUT2D eigenvalue weighted by atomic mass is 35.5. The number of alkyl halides is 3. The molecule has 0 aliphatic heterocycles. The predicted molar refractivity (Wildman–Crippen MR) is 87.3 cm³/mol. The molecule has 1 amide bonds. The van der Waals surface area contributed by atoms with Crippen LogP contribution in [0.2, 0.25) is 5.02 Å². The smallest absolute Gasteiger partial charge is 0.431 e. The lowest BCUT2D eigenvalue weighted by molar-refractivity contribution is -0.0605. The number of ketones is 1. The second kappa shape index (κ2) is 7.66. The molecule has 2 N–H and O–H groups in total. The number of carbonyl (C=O) groups excluding carboxylic acids is 2. The summed E-state index contributed by atoms with van der Waals surface area (Å²) < 4.78 is 39.1. The van der Waals surface area contributed by atoms with E-state index in [0.29, 0.717) is 0 Å². The minimum Gasteiger partial charge on any atom is -0.507 e. The standard InChI is InChI=1S/C15H10ClF3N2O3S/c16-8-3-4-10(22)9(6-8)14(24)21-20-13(15(17,18)19)7-11(23)12-2-1-5-25-12/h1-6,22H,7H2,(H,21,24)/b20-13+. The first-order valence-electron chi connectivity index (χ1n) is 6.68. The summed E-state index contributed by atoms with van der Waals surface area (Å²) >= 11 is 6.67. The number of phenols is 1. The SMILES string of the molecule is O=C(C/C(=N\NC(=O)c1cc(Cl)ccc1O)C(F)(F)F)c1cccs1. The Morgan fingerprint density at radius 2 is 2.00 bits per heavy atom. The van der Waals surface area contributed by atoms with E-state index >= 15 is 0 Å². The van der Waals surface area contributed by atoms with Gasteiger partial charge in [0.15, 0.2) is 5.78 Å². The molecule has 0 aliphatic carbocycles. The molecule has 25 heavy (non-hydrogen) atoms. The zero-order chi connectivity index (χ0) is 18.6. The highest BCUT2D eigenvalue weighted by molar-refractivity contribution is 7.12. The number of Topliss-reactive ketones (excluding diaryl/α,β-unsaturated/α-hetero) is 1. The molecule has 10 heteroatoms. The summed E-state index contributed by atoms with van der Waals surface area (Å²) in [5.41, 5.74) is -0.117. The molecule has 0 radical (unpaired) electrons. The van der Waals surface area contributed by atoms with Gasteiger partial charge in [-0.2, -0.15) is 18.3 Å². The third kappa shape index (κ3) is 5.04. The Balaban J connectivity index is 2.19. The number of benzene rings is 1. The van der Waals surface area contributed by atoms with Crippen LogP contribution < -0.4 is 5.43 Å². The first-order chi connectivity index (χ1) is 11.7. The van der Waals surface area contributed by atoms with Gasteiger partial charge in [0.1, 0.15) is 11.5 Å². The molecule has 1 heterocycles. The van der Waals surface area contributed by atoms with Crippen molar-refractivity contribution in [2.75, 3.05) is 0 Å². The summed E-state index contributed by atoms with van der Waals surface area (Å²) in [6.45, 7) is 0. The number of carbonyl (C=O) groups is 2. The van der Waals surface area contributed by atoms with Crippen molar-refractivity contribution in [1.29, 1.82) is 0 Å². The van der Waals surface area contributed by atoms with Crippen LogP contribution in [0.3, 0.4) is 0 Å². The molecule has 5 nitrogen and oxygen atoms in total. The average Bonchev–Trinajstić information content (AvgIpc) is 3.06. The van der Waals surface area contributed by atoms with Gasteiger partial charge >= 0.3 is 6.18 Å². The van der Waals surface area contributed by atoms with E-state index in [1.165, 1.54) is 18.2 Å². The number of hydrogen-bond acceptors (Lipinski definition) is 5. The highest BCUT2D eigenvalue weighted by Crippen LogP contribution is 2.23. The molecule has 0 atom stereocenters. The van der Waals surface area contributed by atoms with E-state index in [0.717, 1.165) is 23.5 Å². The van der Waals surface area contributed by atoms with Crippen LogP contribution in [0.25, 0.3) is 0 Å². The third-order valence-corrected chi connectivity index (χ3v) is 4.09. The van der Waals surface area contributed by atoms with Gasteiger partial charge in [-0.1, -0.05) is 17.7 Å². The lowest BCUT2D eigenvalue weighted by atomic mass is 10.1. The normalized spacial score (nSPS) is 12.1. The number of nitrogens with zero attached hydrogens (tertiary/aromatic N) is 1. The van der Waals surface area contributed by atoms with Crippen molar-refractivity contribution in [2.24, 2.45) is 5.10 Å². The van der Waals surface area contributed by atoms with E-state index < -0.39 is 35.7 Å². The van der Waals surface area contributed by atoms with Crippen LogP contribution >= 0.6 is 22.9 Å². The van der Waals surface area contributed by atoms with Gasteiger partial charge in [0.05, 0.1) is 16.9 Å². The van der Waals surface area contributed by atoms with Crippen molar-refractivity contribution < 1.29 is 27.9 Å². The van der Waals surface area contributed by atoms with E-state index in [4.69, 9.17) is 11.6 Å². The maximum Gasteiger partial charge on any atom is 0.431 e. The molecule has 0 saturated carbocycles. The fourth-order valence-electron chi connectivity index (χ4n) is 1.75. The van der Waals surface area contributed by atoms with Crippen LogP contribution in [0.4, 0.5) is 13.2 Å². The maximum absolute atomic E-state index is 13.0. The second-order valence-electron chi connectivity index (χ2n) is 4.74. The molecule has 132 valence electrons. The van der Waals surface area contributed by atoms with Crippen LogP contribution in [0.15, 0.2) is 40.8 Å². The summed E-state index contributed by atoms with van der Waals surface area (Å²) in [6.07, 6.45) is -5.93. The molecule has 1 aromatic carbocycles. The summed E-state index contributed by atoms with van der Waals surface area (Å²) in [5.74, 6) is -2.34. The first kappa shape index (κ1) is 18.9. The van der Waals surface area contributed by atoms with Gasteiger partial charge in [-0.15, -0.1) is 11.3 Å². The van der Waals surface area contributed by atoms with Crippen molar-refractivity contribution >= 4 is 40.3 Å². The van der Waals surface area contributed by atoms with E-state index in [1.54, 1.807) is 10.8 Å². The molecule has 0 fully saturated rings. The van der Waals surface area contributed by atoms with Gasteiger partial charge < -0.3 is 5.11 Å². The number of halogens is 4. The van der Waals surface area contributed by atoms with Gasteiger partial charge in [-0.3, -0.25) is 9.59 Å². The zero-order valence-electron chi connectivity index (χ0n) is 12.3. The number of hydrazone groups is 1. The number of phenolic OH excluding ortho intramolecular Hbond substituents is 1. The molecule has 0 spiro atoms. The minimum atomic E-state index is -4.91. The molecule has 0 saturated heterocycles. The van der Waals surface area contributed by atoms with Gasteiger partial charge in [0.25, 0.3) is 5.91 Å². The van der Waals surface area contributed by atoms with Crippen LogP contribution in [-0.4, -0.2) is 28.7 Å². The Labute approximate surface area is 148 Å². The van der Waals surface area contributed by atoms with Crippen LogP contribution in [0, 0.1) is 0 Å². The second-order valence-corrected chi connectivity index (χ2v) is 6.12. The predicted octanol–water partition coefficient (Wildman–Crippen LogP) is 4.03. The van der Waals surface area contributed by atoms with Gasteiger partial charge in [-0.05, 0) is 29.6 Å². The topological polar surface area (TPSA) is 78.8 Å². The minimum absolute atomic E-state index is 0.107. The fraction of sp³-hybridized carbons (Fsp3) is 0.133. The Kier molecular flexibility index (Phi) is 5.81. The third-order valence-electron chi connectivity index (χ3n) is 2.95. The first-order valence-corrected chi connectivity index (χ1v) is 7.93. The van der Waals surface area contributed by atoms with Crippen molar-refractivity contribution in [2.45, 2.75) is 12.6 Å². The Hall–Kier alpha value is -2.39. The van der Waals surface area contributed by atoms with Crippen LogP contribution in [-0.2, 0) is 0 Å². The summed E-state index contributed by atoms with van der Waals surface area (Å²) in [7, 11) is 0. The van der Waals surface area contributed by atoms with Crippen molar-refractivity contribution in [3.05, 3.63) is 51.2 Å². The van der Waals surface area contributed by atoms with Gasteiger partial charge in [0, 0.05) is 5.02 Å². The highest BCUT2D eigenvalue weighted by Gasteiger charge is 2.37. The molecule has 0 aliphatic rings. The van der Waals surface area contributed by atoms with Crippen LogP contribution in [0.5, 0.6) is 5.75 Å². The summed E-state index contributed by atoms with van der Waals surface area (Å²) in [4.78, 5) is 23.9. The monoisotopic (exact) mass is 390 g/mol. The molecule has 2 aromatic rings. The largest absolute Gasteiger partial charge is 0.507 e. The number of thiophene rings is 1. The zero-order valence-corrected chi connectivity index (χ0v) is 13.9. The van der Waals surface area contributed by atoms with Gasteiger partial charge in [0.2, 0.25) is 0 Å². The number of hydrogen-bond donors (Lipinski definition) is 2.